The van der Waals surface area contributed by atoms with Gasteiger partial charge in [0.1, 0.15) is 48.7 Å². The van der Waals surface area contributed by atoms with Crippen LogP contribution >= 0.6 is 22.7 Å². The number of benzene rings is 2. The average Bonchev–Trinajstić information content (AvgIpc) is 3.50. The molecule has 5 rings (SSSR count). The molecule has 1 aliphatic heterocycles. The summed E-state index contributed by atoms with van der Waals surface area (Å²) in [4.78, 5) is 41.8. The van der Waals surface area contributed by atoms with Crippen molar-refractivity contribution in [2.75, 3.05) is 16.8 Å². The van der Waals surface area contributed by atoms with Gasteiger partial charge in [-0.25, -0.2) is 8.78 Å². The number of halogens is 2. The van der Waals surface area contributed by atoms with Crippen LogP contribution in [0, 0.1) is 21.7 Å². The molecular formula is C24H19B4F2N3O4S2. The Morgan fingerprint density at radius 1 is 1.00 bits per heavy atom. The Balaban J connectivity index is 1.51. The molecule has 192 valence electrons. The summed E-state index contributed by atoms with van der Waals surface area (Å²) in [5.74, 6) is -2.59. The van der Waals surface area contributed by atoms with Crippen LogP contribution in [0.4, 0.5) is 25.8 Å². The van der Waals surface area contributed by atoms with Crippen LogP contribution in [0.25, 0.3) is 9.75 Å². The summed E-state index contributed by atoms with van der Waals surface area (Å²) in [6.45, 7) is 0.323. The van der Waals surface area contributed by atoms with Gasteiger partial charge in [0, 0.05) is 12.1 Å². The summed E-state index contributed by atoms with van der Waals surface area (Å²) in [5.41, 5.74) is 3.59. The van der Waals surface area contributed by atoms with E-state index in [0.717, 1.165) is 27.5 Å². The molecule has 7 nitrogen and oxygen atoms in total. The third-order valence-corrected chi connectivity index (χ3v) is 9.45. The fraction of sp³-hybridized carbons (Fsp3) is 0.0833. The number of nitro groups is 1. The smallest absolute Gasteiger partial charge is 0.265 e. The van der Waals surface area contributed by atoms with E-state index in [4.69, 9.17) is 0 Å². The van der Waals surface area contributed by atoms with Gasteiger partial charge in [0.2, 0.25) is 0 Å². The number of nitrogens with one attached hydrogen (secondary N) is 1. The van der Waals surface area contributed by atoms with Crippen LogP contribution in [0.1, 0.15) is 25.6 Å². The van der Waals surface area contributed by atoms with Gasteiger partial charge in [-0.2, -0.15) is 0 Å². The number of rotatable bonds is 4. The summed E-state index contributed by atoms with van der Waals surface area (Å²) in [6.07, 6.45) is 0.448. The maximum Gasteiger partial charge on any atom is 0.265 e. The lowest BCUT2D eigenvalue weighted by molar-refractivity contribution is -0.382. The lowest BCUT2D eigenvalue weighted by Gasteiger charge is -2.25. The third-order valence-electron chi connectivity index (χ3n) is 7.21. The van der Waals surface area contributed by atoms with Gasteiger partial charge < -0.3 is 10.2 Å². The zero-order chi connectivity index (χ0) is 28.2. The number of nitrogens with zero attached hydrogens (tertiary/aromatic N) is 2. The number of para-hydroxylation sites is 1. The largest absolute Gasteiger partial charge is 0.316 e. The zero-order valence-corrected chi connectivity index (χ0v) is 23.1. The molecule has 2 amide bonds. The number of hydrogen-bond acceptors (Lipinski definition) is 6. The number of amides is 2. The highest BCUT2D eigenvalue weighted by atomic mass is 32.1. The van der Waals surface area contributed by atoms with Crippen LogP contribution < -0.4 is 32.1 Å². The topological polar surface area (TPSA) is 92.6 Å². The second-order valence-electron chi connectivity index (χ2n) is 9.34. The van der Waals surface area contributed by atoms with Gasteiger partial charge in [0.05, 0.1) is 25.2 Å². The van der Waals surface area contributed by atoms with Crippen LogP contribution in [0.2, 0.25) is 0 Å². The Morgan fingerprint density at radius 2 is 1.64 bits per heavy atom. The molecule has 0 fully saturated rings. The minimum absolute atomic E-state index is 0.0249. The van der Waals surface area contributed by atoms with E-state index in [2.05, 4.69) is 5.32 Å². The molecule has 0 radical (unpaired) electrons. The molecule has 0 saturated heterocycles. The summed E-state index contributed by atoms with van der Waals surface area (Å²) in [5, 5.41) is 15.9. The monoisotopic (exact) mass is 559 g/mol. The van der Waals surface area contributed by atoms with Crippen LogP contribution in [0.15, 0.2) is 35.7 Å². The first-order valence-corrected chi connectivity index (χ1v) is 13.7. The Hall–Kier alpha value is -3.70. The molecular weight excluding hydrogens is 540 g/mol. The number of hydrogen-bond donors (Lipinski definition) is 1. The van der Waals surface area contributed by atoms with Gasteiger partial charge in [-0.05, 0) is 52.6 Å². The molecule has 0 spiro atoms. The fourth-order valence-corrected chi connectivity index (χ4v) is 7.18. The summed E-state index contributed by atoms with van der Waals surface area (Å²) >= 11 is 2.63. The average molecular weight is 559 g/mol. The summed E-state index contributed by atoms with van der Waals surface area (Å²) < 4.78 is 28.1. The zero-order valence-electron chi connectivity index (χ0n) is 21.5. The van der Waals surface area contributed by atoms with Gasteiger partial charge in [-0.1, -0.05) is 17.0 Å². The van der Waals surface area contributed by atoms with Crippen LogP contribution in [-0.2, 0) is 6.42 Å². The first-order valence-electron chi connectivity index (χ1n) is 12.0. The van der Waals surface area contributed by atoms with Crippen molar-refractivity contribution in [3.63, 3.8) is 0 Å². The van der Waals surface area contributed by atoms with E-state index in [0.29, 0.717) is 50.9 Å². The third kappa shape index (κ3) is 4.49. The predicted molar refractivity (Wildman–Crippen MR) is 163 cm³/mol. The van der Waals surface area contributed by atoms with E-state index in [9.17, 15) is 28.5 Å². The Bertz CT molecular complexity index is 1660. The van der Waals surface area contributed by atoms with Crippen molar-refractivity contribution < 1.29 is 23.3 Å². The van der Waals surface area contributed by atoms with Gasteiger partial charge in [0.25, 0.3) is 17.5 Å². The standard InChI is InChI=1S/C24H19B4F2N3O4S2/c25-15-14(16(26)18(28)20(17(15)27)33(36)37)24(35)32-6-4-9-8-13(39-21(9)22-12(32)5-7-38-22)23(34)31-19-10(29)2-1-3-11(19)30/h1-3,5,7-8H,4,6,25-28H2,(H,31,34). The minimum Gasteiger partial charge on any atom is -0.316 e. The second-order valence-corrected chi connectivity index (χ2v) is 11.3. The number of fused-ring (bicyclic) bond motifs is 3. The predicted octanol–water partition coefficient (Wildman–Crippen LogP) is -0.848. The van der Waals surface area contributed by atoms with Crippen molar-refractivity contribution in [2.24, 2.45) is 0 Å². The maximum absolute atomic E-state index is 14.1. The fourth-order valence-electron chi connectivity index (χ4n) is 4.98. The van der Waals surface area contributed by atoms with Gasteiger partial charge in [-0.3, -0.25) is 19.7 Å². The molecule has 1 aliphatic rings. The number of anilines is 2. The van der Waals surface area contributed by atoms with Crippen molar-refractivity contribution in [3.8, 4) is 9.75 Å². The van der Waals surface area contributed by atoms with E-state index >= 15 is 0 Å². The highest BCUT2D eigenvalue weighted by molar-refractivity contribution is 7.23. The summed E-state index contributed by atoms with van der Waals surface area (Å²) in [7, 11) is 6.78. The molecule has 39 heavy (non-hydrogen) atoms. The summed E-state index contributed by atoms with van der Waals surface area (Å²) in [6, 6.07) is 6.91. The van der Waals surface area contributed by atoms with Crippen LogP contribution in [0.3, 0.4) is 0 Å². The van der Waals surface area contributed by atoms with Gasteiger partial charge in [0.15, 0.2) is 0 Å². The highest BCUT2D eigenvalue weighted by Crippen LogP contribution is 2.45. The molecule has 2 aromatic carbocycles. The number of carbonyl (C=O) groups excluding carboxylic acids is 2. The minimum atomic E-state index is -0.863. The van der Waals surface area contributed by atoms with Crippen molar-refractivity contribution in [1.29, 1.82) is 0 Å². The van der Waals surface area contributed by atoms with Crippen molar-refractivity contribution in [1.82, 2.24) is 0 Å². The molecule has 3 heterocycles. The van der Waals surface area contributed by atoms with Crippen molar-refractivity contribution in [3.05, 3.63) is 73.5 Å². The van der Waals surface area contributed by atoms with Crippen molar-refractivity contribution in [2.45, 2.75) is 6.42 Å². The Kier molecular flexibility index (Phi) is 6.98. The first kappa shape index (κ1) is 26.9. The molecule has 1 N–H and O–H groups in total. The normalized spacial score (nSPS) is 12.4. The SMILES string of the molecule is Bc1c(B)c([N+](=O)[O-])c(B)c(B)c1C(=O)N1CCc2cc(C(=O)Nc3c(F)cccc3F)sc2-c2sccc21. The molecule has 0 bridgehead atoms. The van der Waals surface area contributed by atoms with E-state index in [-0.39, 0.29) is 11.6 Å². The van der Waals surface area contributed by atoms with E-state index < -0.39 is 28.2 Å². The first-order chi connectivity index (χ1) is 18.5. The Morgan fingerprint density at radius 3 is 2.26 bits per heavy atom. The van der Waals surface area contributed by atoms with E-state index in [1.807, 2.05) is 11.4 Å². The lowest BCUT2D eigenvalue weighted by Crippen LogP contribution is -2.50. The van der Waals surface area contributed by atoms with Crippen LogP contribution in [-0.4, -0.2) is 54.7 Å². The highest BCUT2D eigenvalue weighted by Gasteiger charge is 2.32. The van der Waals surface area contributed by atoms with Crippen molar-refractivity contribution >= 4 is 105 Å². The molecule has 0 unspecified atom stereocenters. The van der Waals surface area contributed by atoms with Crippen LogP contribution in [0.5, 0.6) is 0 Å². The molecule has 0 saturated carbocycles. The maximum atomic E-state index is 14.1. The molecule has 2 aromatic heterocycles. The van der Waals surface area contributed by atoms with E-state index in [1.165, 1.54) is 28.7 Å². The molecule has 0 atom stereocenters. The Labute approximate surface area is 234 Å². The molecule has 4 aromatic rings. The second kappa shape index (κ2) is 10.1. The van der Waals surface area contributed by atoms with Gasteiger partial charge >= 0.3 is 0 Å². The van der Waals surface area contributed by atoms with E-state index in [1.54, 1.807) is 42.4 Å². The quantitative estimate of drug-likeness (QED) is 0.201. The number of carbonyl (C=O) groups is 2. The lowest BCUT2D eigenvalue weighted by atomic mass is 9.66. The molecule has 0 aliphatic carbocycles. The number of nitro benzene ring substituents is 1. The number of thiophene rings is 2. The van der Waals surface area contributed by atoms with Gasteiger partial charge in [-0.15, -0.1) is 22.7 Å². The molecule has 15 heteroatoms.